The molecule has 0 saturated heterocycles. The lowest BCUT2D eigenvalue weighted by molar-refractivity contribution is -0.163. The van der Waals surface area contributed by atoms with Crippen LogP contribution in [0.5, 0.6) is 0 Å². The fraction of sp³-hybridized carbons (Fsp3) is 0.423. The maximum absolute atomic E-state index is 13.3. The van der Waals surface area contributed by atoms with E-state index in [-0.39, 0.29) is 30.2 Å². The zero-order valence-electron chi connectivity index (χ0n) is 21.1. The van der Waals surface area contributed by atoms with Gasteiger partial charge in [0.2, 0.25) is 0 Å². The number of nitrogens with one attached hydrogen (secondary N) is 1. The van der Waals surface area contributed by atoms with Gasteiger partial charge in [-0.3, -0.25) is 9.59 Å². The number of ether oxygens (including phenoxy) is 2. The SMILES string of the molecule is CCOC(=O)[C@H]1/C(=N\NS(=O)(=O)c2ccc(C)cc2)C[C@](C)(O)[C@@H](C(=O)OCC)[C@H]1c1ccc(Cl)cc1. The Morgan fingerprint density at radius 2 is 1.62 bits per heavy atom. The first-order valence-corrected chi connectivity index (χ1v) is 13.7. The minimum absolute atomic E-state index is 0.0173. The van der Waals surface area contributed by atoms with E-state index in [1.807, 2.05) is 6.92 Å². The number of esters is 2. The zero-order valence-corrected chi connectivity index (χ0v) is 22.7. The molecule has 9 nitrogen and oxygen atoms in total. The summed E-state index contributed by atoms with van der Waals surface area (Å²) in [4.78, 5) is 28.6. The van der Waals surface area contributed by atoms with Crippen molar-refractivity contribution < 1.29 is 32.6 Å². The molecule has 37 heavy (non-hydrogen) atoms. The molecule has 1 fully saturated rings. The molecule has 0 radical (unpaired) electrons. The maximum Gasteiger partial charge on any atom is 0.315 e. The van der Waals surface area contributed by atoms with E-state index in [0.29, 0.717) is 10.6 Å². The fourth-order valence-electron chi connectivity index (χ4n) is 4.59. The molecule has 0 amide bonds. The summed E-state index contributed by atoms with van der Waals surface area (Å²) in [6.45, 7) is 6.65. The molecule has 1 aliphatic carbocycles. The highest BCUT2D eigenvalue weighted by molar-refractivity contribution is 7.89. The highest BCUT2D eigenvalue weighted by Gasteiger charge is 2.56. The van der Waals surface area contributed by atoms with Gasteiger partial charge >= 0.3 is 11.9 Å². The van der Waals surface area contributed by atoms with Gasteiger partial charge < -0.3 is 14.6 Å². The Morgan fingerprint density at radius 3 is 2.19 bits per heavy atom. The number of sulfonamides is 1. The van der Waals surface area contributed by atoms with E-state index >= 15 is 0 Å². The number of nitrogens with zero attached hydrogens (tertiary/aromatic N) is 1. The van der Waals surface area contributed by atoms with Crippen molar-refractivity contribution in [2.45, 2.75) is 50.5 Å². The summed E-state index contributed by atoms with van der Waals surface area (Å²) in [5, 5.41) is 16.0. The van der Waals surface area contributed by atoms with Gasteiger partial charge in [0.15, 0.2) is 0 Å². The molecule has 11 heteroatoms. The average Bonchev–Trinajstić information content (AvgIpc) is 2.83. The van der Waals surface area contributed by atoms with Crippen LogP contribution >= 0.6 is 11.6 Å². The van der Waals surface area contributed by atoms with Crippen LogP contribution in [0.25, 0.3) is 0 Å². The van der Waals surface area contributed by atoms with Gasteiger partial charge in [-0.05, 0) is 57.5 Å². The second-order valence-electron chi connectivity index (χ2n) is 9.08. The smallest absolute Gasteiger partial charge is 0.315 e. The van der Waals surface area contributed by atoms with E-state index < -0.39 is 45.3 Å². The van der Waals surface area contributed by atoms with E-state index in [9.17, 15) is 23.1 Å². The number of carbonyl (C=O) groups excluding carboxylic acids is 2. The van der Waals surface area contributed by atoms with Crippen LogP contribution in [-0.4, -0.2) is 50.0 Å². The number of carbonyl (C=O) groups is 2. The summed E-state index contributed by atoms with van der Waals surface area (Å²) < 4.78 is 36.4. The van der Waals surface area contributed by atoms with E-state index in [2.05, 4.69) is 9.93 Å². The second-order valence-corrected chi connectivity index (χ2v) is 11.2. The fourth-order valence-corrected chi connectivity index (χ4v) is 5.55. The van der Waals surface area contributed by atoms with Crippen LogP contribution in [0, 0.1) is 18.8 Å². The van der Waals surface area contributed by atoms with E-state index in [4.69, 9.17) is 21.1 Å². The normalized spacial score (nSPS) is 24.9. The lowest BCUT2D eigenvalue weighted by Crippen LogP contribution is -2.55. The van der Waals surface area contributed by atoms with Crippen molar-refractivity contribution in [2.75, 3.05) is 13.2 Å². The highest BCUT2D eigenvalue weighted by atomic mass is 35.5. The number of benzene rings is 2. The molecule has 2 N–H and O–H groups in total. The molecule has 2 aromatic rings. The van der Waals surface area contributed by atoms with Crippen LogP contribution in [0.4, 0.5) is 0 Å². The predicted molar refractivity (Wildman–Crippen MR) is 139 cm³/mol. The predicted octanol–water partition coefficient (Wildman–Crippen LogP) is 3.58. The molecule has 0 bridgehead atoms. The highest BCUT2D eigenvalue weighted by Crippen LogP contribution is 2.47. The summed E-state index contributed by atoms with van der Waals surface area (Å²) >= 11 is 6.07. The van der Waals surface area contributed by atoms with Gasteiger partial charge in [-0.1, -0.05) is 41.4 Å². The van der Waals surface area contributed by atoms with E-state index in [0.717, 1.165) is 5.56 Å². The number of hydrogen-bond donors (Lipinski definition) is 2. The molecule has 1 saturated carbocycles. The Balaban J connectivity index is 2.15. The van der Waals surface area contributed by atoms with Gasteiger partial charge in [-0.15, -0.1) is 0 Å². The largest absolute Gasteiger partial charge is 0.466 e. The lowest BCUT2D eigenvalue weighted by atomic mass is 9.61. The maximum atomic E-state index is 13.3. The molecule has 3 rings (SSSR count). The second kappa shape index (κ2) is 11.6. The Labute approximate surface area is 221 Å². The molecule has 200 valence electrons. The Hall–Kier alpha value is -2.95. The Kier molecular flexibility index (Phi) is 8.99. The third kappa shape index (κ3) is 6.49. The van der Waals surface area contributed by atoms with Crippen molar-refractivity contribution in [3.63, 3.8) is 0 Å². The number of halogens is 1. The first-order chi connectivity index (χ1) is 17.4. The van der Waals surface area contributed by atoms with Crippen molar-refractivity contribution >= 4 is 39.3 Å². The van der Waals surface area contributed by atoms with Crippen LogP contribution in [0.2, 0.25) is 5.02 Å². The number of hydrogen-bond acceptors (Lipinski definition) is 8. The molecule has 1 aliphatic rings. The van der Waals surface area contributed by atoms with Gasteiger partial charge in [0.25, 0.3) is 10.0 Å². The van der Waals surface area contributed by atoms with Crippen LogP contribution in [0.3, 0.4) is 0 Å². The number of hydrazone groups is 1. The standard InChI is InChI=1S/C26H31ClN2O7S/c1-5-35-24(30)22-20(28-29-37(33,34)19-13-7-16(3)8-14-19)15-26(4,32)23(25(31)36-6-2)21(22)17-9-11-18(27)12-10-17/h7-14,21-23,29,32H,5-6,15H2,1-4H3/b28-20-/t21-,22-,23+,26-/m0/s1. The topological polar surface area (TPSA) is 131 Å². The summed E-state index contributed by atoms with van der Waals surface area (Å²) in [6, 6.07) is 12.6. The first kappa shape index (κ1) is 28.6. The van der Waals surface area contributed by atoms with Crippen LogP contribution in [-0.2, 0) is 29.1 Å². The molecule has 0 aromatic heterocycles. The van der Waals surface area contributed by atoms with Crippen molar-refractivity contribution in [3.8, 4) is 0 Å². The minimum Gasteiger partial charge on any atom is -0.466 e. The molecule has 0 aliphatic heterocycles. The van der Waals surface area contributed by atoms with E-state index in [1.54, 1.807) is 50.2 Å². The van der Waals surface area contributed by atoms with Gasteiger partial charge in [0.05, 0.1) is 35.3 Å². The van der Waals surface area contributed by atoms with Crippen molar-refractivity contribution in [1.29, 1.82) is 0 Å². The molecule has 0 heterocycles. The van der Waals surface area contributed by atoms with Crippen molar-refractivity contribution in [2.24, 2.45) is 16.9 Å². The molecular weight excluding hydrogens is 520 g/mol. The number of rotatable bonds is 8. The van der Waals surface area contributed by atoms with Gasteiger partial charge in [-0.2, -0.15) is 13.5 Å². The lowest BCUT2D eigenvalue weighted by Gasteiger charge is -2.45. The Morgan fingerprint density at radius 1 is 1.05 bits per heavy atom. The summed E-state index contributed by atoms with van der Waals surface area (Å²) in [7, 11) is -4.08. The van der Waals surface area contributed by atoms with Gasteiger partial charge in [0.1, 0.15) is 5.92 Å². The van der Waals surface area contributed by atoms with Gasteiger partial charge in [-0.25, -0.2) is 4.83 Å². The van der Waals surface area contributed by atoms with Crippen molar-refractivity contribution in [1.82, 2.24) is 4.83 Å². The van der Waals surface area contributed by atoms with Crippen LogP contribution in [0.15, 0.2) is 58.5 Å². The quantitative estimate of drug-likeness (QED) is 0.379. The molecule has 0 spiro atoms. The van der Waals surface area contributed by atoms with Crippen molar-refractivity contribution in [3.05, 3.63) is 64.7 Å². The number of aryl methyl sites for hydroxylation is 1. The summed E-state index contributed by atoms with van der Waals surface area (Å²) in [5.41, 5.74) is -0.311. The third-order valence-corrected chi connectivity index (χ3v) is 7.74. The van der Waals surface area contributed by atoms with Gasteiger partial charge in [0, 0.05) is 17.4 Å². The molecular formula is C26H31ClN2O7S. The molecule has 0 unspecified atom stereocenters. The van der Waals surface area contributed by atoms with Crippen LogP contribution < -0.4 is 4.83 Å². The van der Waals surface area contributed by atoms with E-state index in [1.165, 1.54) is 19.1 Å². The minimum atomic E-state index is -4.08. The Bertz CT molecular complexity index is 1260. The van der Waals surface area contributed by atoms with Crippen LogP contribution in [0.1, 0.15) is 44.2 Å². The summed E-state index contributed by atoms with van der Waals surface area (Å²) in [5.74, 6) is -4.73. The number of aliphatic hydroxyl groups is 1. The monoisotopic (exact) mass is 550 g/mol. The zero-order chi connectivity index (χ0) is 27.4. The first-order valence-electron chi connectivity index (χ1n) is 11.9. The third-order valence-electron chi connectivity index (χ3n) is 6.26. The molecule has 4 atom stereocenters. The molecule has 2 aromatic carbocycles. The summed E-state index contributed by atoms with van der Waals surface area (Å²) in [6.07, 6.45) is -0.277. The average molecular weight is 551 g/mol.